The number of hydrogen-bond donors (Lipinski definition) is 0. The first-order valence-corrected chi connectivity index (χ1v) is 5.65. The van der Waals surface area contributed by atoms with Gasteiger partial charge in [-0.2, -0.15) is 0 Å². The Morgan fingerprint density at radius 3 is 2.14 bits per heavy atom. The van der Waals surface area contributed by atoms with Crippen molar-refractivity contribution in [1.29, 1.82) is 0 Å². The minimum atomic E-state index is 0.358. The van der Waals surface area contributed by atoms with Gasteiger partial charge in [-0.1, -0.05) is 34.1 Å². The molecule has 1 amide bonds. The van der Waals surface area contributed by atoms with Crippen LogP contribution >= 0.6 is 0 Å². The van der Waals surface area contributed by atoms with E-state index in [4.69, 9.17) is 0 Å². The van der Waals surface area contributed by atoms with E-state index in [1.807, 2.05) is 11.8 Å². The van der Waals surface area contributed by atoms with E-state index < -0.39 is 0 Å². The number of rotatable bonds is 6. The van der Waals surface area contributed by atoms with Gasteiger partial charge in [0.25, 0.3) is 0 Å². The molecule has 0 aromatic carbocycles. The summed E-state index contributed by atoms with van der Waals surface area (Å²) in [6.45, 7) is 12.8. The van der Waals surface area contributed by atoms with Crippen LogP contribution in [0.25, 0.3) is 0 Å². The van der Waals surface area contributed by atoms with Crippen molar-refractivity contribution in [3.63, 3.8) is 0 Å². The molecule has 0 saturated heterocycles. The average molecular weight is 199 g/mol. The molecule has 0 aliphatic rings. The first-order valence-electron chi connectivity index (χ1n) is 5.65. The molecule has 84 valence electrons. The summed E-state index contributed by atoms with van der Waals surface area (Å²) in [5.74, 6) is 0.705. The summed E-state index contributed by atoms with van der Waals surface area (Å²) in [5, 5.41) is 0. The van der Waals surface area contributed by atoms with Crippen LogP contribution in [0, 0.1) is 11.3 Å². The van der Waals surface area contributed by atoms with Crippen LogP contribution in [0.3, 0.4) is 0 Å². The van der Waals surface area contributed by atoms with Crippen LogP contribution in [0.15, 0.2) is 0 Å². The predicted octanol–water partition coefficient (Wildman–Crippen LogP) is 2.93. The molecule has 0 radical (unpaired) electrons. The molecular formula is C12H25NO. The molecule has 0 bridgehead atoms. The smallest absolute Gasteiger partial charge is 0.209 e. The van der Waals surface area contributed by atoms with Crippen LogP contribution in [-0.4, -0.2) is 24.4 Å². The minimum absolute atomic E-state index is 0.358. The quantitative estimate of drug-likeness (QED) is 0.602. The number of hydrogen-bond acceptors (Lipinski definition) is 1. The normalized spacial score (nSPS) is 13.8. The van der Waals surface area contributed by atoms with Crippen LogP contribution in [0.1, 0.15) is 47.5 Å². The standard InChI is InChI=1S/C12H25NO/c1-6-11(12(3,4)5)8-9-13(7-2)10-14/h10-11H,6-9H2,1-5H3. The van der Waals surface area contributed by atoms with E-state index in [9.17, 15) is 4.79 Å². The van der Waals surface area contributed by atoms with E-state index in [0.29, 0.717) is 11.3 Å². The molecule has 14 heavy (non-hydrogen) atoms. The topological polar surface area (TPSA) is 20.3 Å². The fourth-order valence-electron chi connectivity index (χ4n) is 1.86. The lowest BCUT2D eigenvalue weighted by molar-refractivity contribution is -0.118. The van der Waals surface area contributed by atoms with Crippen molar-refractivity contribution < 1.29 is 4.79 Å². The Morgan fingerprint density at radius 1 is 1.29 bits per heavy atom. The molecule has 0 aliphatic heterocycles. The van der Waals surface area contributed by atoms with E-state index >= 15 is 0 Å². The Kier molecular flexibility index (Phi) is 5.82. The monoisotopic (exact) mass is 199 g/mol. The number of amides is 1. The van der Waals surface area contributed by atoms with Crippen molar-refractivity contribution in [2.75, 3.05) is 13.1 Å². The van der Waals surface area contributed by atoms with Crippen LogP contribution in [0.5, 0.6) is 0 Å². The lowest BCUT2D eigenvalue weighted by atomic mass is 9.77. The van der Waals surface area contributed by atoms with Gasteiger partial charge in [0.15, 0.2) is 0 Å². The Hall–Kier alpha value is -0.530. The lowest BCUT2D eigenvalue weighted by Gasteiger charge is -2.31. The Labute approximate surface area is 88.7 Å². The highest BCUT2D eigenvalue weighted by atomic mass is 16.1. The molecule has 0 rings (SSSR count). The zero-order valence-corrected chi connectivity index (χ0v) is 10.3. The third-order valence-electron chi connectivity index (χ3n) is 3.04. The summed E-state index contributed by atoms with van der Waals surface area (Å²) in [5.41, 5.74) is 0.358. The minimum Gasteiger partial charge on any atom is -0.346 e. The van der Waals surface area contributed by atoms with Gasteiger partial charge in [-0.05, 0) is 24.7 Å². The third-order valence-corrected chi connectivity index (χ3v) is 3.04. The van der Waals surface area contributed by atoms with E-state index in [-0.39, 0.29) is 0 Å². The molecule has 0 aromatic rings. The molecule has 1 unspecified atom stereocenters. The second kappa shape index (κ2) is 6.05. The van der Waals surface area contributed by atoms with Crippen molar-refractivity contribution >= 4 is 6.41 Å². The van der Waals surface area contributed by atoms with Gasteiger partial charge in [-0.15, -0.1) is 0 Å². The van der Waals surface area contributed by atoms with Crippen LogP contribution < -0.4 is 0 Å². The van der Waals surface area contributed by atoms with E-state index in [1.165, 1.54) is 6.42 Å². The molecule has 0 fully saturated rings. The Morgan fingerprint density at radius 2 is 1.86 bits per heavy atom. The van der Waals surface area contributed by atoms with Gasteiger partial charge in [0.2, 0.25) is 6.41 Å². The van der Waals surface area contributed by atoms with Gasteiger partial charge in [-0.25, -0.2) is 0 Å². The molecular weight excluding hydrogens is 174 g/mol. The maximum Gasteiger partial charge on any atom is 0.209 e. The molecule has 0 saturated carbocycles. The maximum absolute atomic E-state index is 10.6. The summed E-state index contributed by atoms with van der Waals surface area (Å²) in [7, 11) is 0. The van der Waals surface area contributed by atoms with Gasteiger partial charge in [-0.3, -0.25) is 4.79 Å². The van der Waals surface area contributed by atoms with Crippen LogP contribution in [0.2, 0.25) is 0 Å². The predicted molar refractivity (Wildman–Crippen MR) is 61.2 cm³/mol. The molecule has 2 heteroatoms. The van der Waals surface area contributed by atoms with Gasteiger partial charge < -0.3 is 4.90 Å². The highest BCUT2D eigenvalue weighted by Gasteiger charge is 2.22. The first kappa shape index (κ1) is 13.5. The first-order chi connectivity index (χ1) is 6.45. The molecule has 0 heterocycles. The Balaban J connectivity index is 4.01. The van der Waals surface area contributed by atoms with Crippen molar-refractivity contribution in [2.24, 2.45) is 11.3 Å². The van der Waals surface area contributed by atoms with Crippen molar-refractivity contribution in [2.45, 2.75) is 47.5 Å². The van der Waals surface area contributed by atoms with Crippen molar-refractivity contribution in [1.82, 2.24) is 4.90 Å². The van der Waals surface area contributed by atoms with Gasteiger partial charge >= 0.3 is 0 Å². The summed E-state index contributed by atoms with van der Waals surface area (Å²) in [6.07, 6.45) is 3.27. The number of carbonyl (C=O) groups excluding carboxylic acids is 1. The summed E-state index contributed by atoms with van der Waals surface area (Å²) >= 11 is 0. The largest absolute Gasteiger partial charge is 0.346 e. The molecule has 0 aromatic heterocycles. The highest BCUT2D eigenvalue weighted by Crippen LogP contribution is 2.31. The van der Waals surface area contributed by atoms with Gasteiger partial charge in [0, 0.05) is 13.1 Å². The van der Waals surface area contributed by atoms with Crippen LogP contribution in [-0.2, 0) is 4.79 Å². The SMILES string of the molecule is CCC(CCN(C=O)CC)C(C)(C)C. The molecule has 2 nitrogen and oxygen atoms in total. The van der Waals surface area contributed by atoms with E-state index in [2.05, 4.69) is 27.7 Å². The van der Waals surface area contributed by atoms with Gasteiger partial charge in [0.05, 0.1) is 0 Å². The number of carbonyl (C=O) groups is 1. The summed E-state index contributed by atoms with van der Waals surface area (Å²) < 4.78 is 0. The zero-order chi connectivity index (χ0) is 11.2. The van der Waals surface area contributed by atoms with E-state index in [0.717, 1.165) is 25.9 Å². The van der Waals surface area contributed by atoms with E-state index in [1.54, 1.807) is 0 Å². The fourth-order valence-corrected chi connectivity index (χ4v) is 1.86. The third kappa shape index (κ3) is 4.64. The molecule has 0 N–H and O–H groups in total. The Bertz CT molecular complexity index is 160. The fraction of sp³-hybridized carbons (Fsp3) is 0.917. The number of nitrogens with zero attached hydrogens (tertiary/aromatic N) is 1. The lowest BCUT2D eigenvalue weighted by Crippen LogP contribution is -2.28. The molecule has 0 spiro atoms. The van der Waals surface area contributed by atoms with Crippen LogP contribution in [0.4, 0.5) is 0 Å². The summed E-state index contributed by atoms with van der Waals surface area (Å²) in [6, 6.07) is 0. The molecule has 0 aliphatic carbocycles. The van der Waals surface area contributed by atoms with Crippen molar-refractivity contribution in [3.05, 3.63) is 0 Å². The maximum atomic E-state index is 10.6. The summed E-state index contributed by atoms with van der Waals surface area (Å²) in [4.78, 5) is 12.5. The molecule has 1 atom stereocenters. The van der Waals surface area contributed by atoms with Crippen molar-refractivity contribution in [3.8, 4) is 0 Å². The van der Waals surface area contributed by atoms with Gasteiger partial charge in [0.1, 0.15) is 0 Å². The second-order valence-corrected chi connectivity index (χ2v) is 4.99. The average Bonchev–Trinajstić information content (AvgIpc) is 2.10. The highest BCUT2D eigenvalue weighted by molar-refractivity contribution is 5.46. The zero-order valence-electron chi connectivity index (χ0n) is 10.3. The second-order valence-electron chi connectivity index (χ2n) is 4.99.